The Kier molecular flexibility index (Phi) is 13.5. The molecule has 0 radical (unpaired) electrons. The molecule has 2 rings (SSSR count). The zero-order chi connectivity index (χ0) is 25.7. The molecular weight excluding hydrogens is 444 g/mol. The Labute approximate surface area is 213 Å². The van der Waals surface area contributed by atoms with Crippen LogP contribution >= 0.6 is 0 Å². The van der Waals surface area contributed by atoms with E-state index in [-0.39, 0.29) is 24.1 Å². The predicted octanol–water partition coefficient (Wildman–Crippen LogP) is 2.38. The summed E-state index contributed by atoms with van der Waals surface area (Å²) in [5, 5.41) is 44.1. The van der Waals surface area contributed by atoms with Crippen molar-refractivity contribution in [2.45, 2.75) is 127 Å². The van der Waals surface area contributed by atoms with Crippen molar-refractivity contribution >= 4 is 5.97 Å². The maximum atomic E-state index is 11.4. The monoisotopic (exact) mass is 498 g/mol. The lowest BCUT2D eigenvalue weighted by Crippen LogP contribution is -2.55. The molecule has 0 aliphatic carbocycles. The average molecular weight is 499 g/mol. The lowest BCUT2D eigenvalue weighted by molar-refractivity contribution is -0.143. The molecule has 35 heavy (non-hydrogen) atoms. The van der Waals surface area contributed by atoms with Crippen molar-refractivity contribution in [3.63, 3.8) is 0 Å². The van der Waals surface area contributed by atoms with E-state index in [0.29, 0.717) is 24.9 Å². The first-order valence-electron chi connectivity index (χ1n) is 14.1. The molecule has 206 valence electrons. The Balaban J connectivity index is 1.66. The average Bonchev–Trinajstić information content (AvgIpc) is 2.81. The van der Waals surface area contributed by atoms with Crippen LogP contribution in [0.5, 0.6) is 0 Å². The summed E-state index contributed by atoms with van der Waals surface area (Å²) >= 11 is 0. The van der Waals surface area contributed by atoms with Crippen LogP contribution in [0.3, 0.4) is 0 Å². The van der Waals surface area contributed by atoms with Gasteiger partial charge in [-0.15, -0.1) is 0 Å². The number of nitrogens with one attached hydrogen (secondary N) is 4. The SMILES string of the molecule is CNC[C@H](CCCCCC[C@](O)(CNC1(C)CCNCC1)CC(=O)O)CC[C@@H]1CC[C@@H](O)[C@H](C)N1. The van der Waals surface area contributed by atoms with Gasteiger partial charge in [-0.05, 0) is 97.8 Å². The molecule has 0 amide bonds. The minimum atomic E-state index is -1.19. The highest BCUT2D eigenvalue weighted by molar-refractivity contribution is 5.68. The number of carboxylic acids is 1. The van der Waals surface area contributed by atoms with Gasteiger partial charge < -0.3 is 36.6 Å². The zero-order valence-electron chi connectivity index (χ0n) is 22.6. The summed E-state index contributed by atoms with van der Waals surface area (Å²) in [6, 6.07) is 0.703. The summed E-state index contributed by atoms with van der Waals surface area (Å²) in [6.07, 6.45) is 11.7. The summed E-state index contributed by atoms with van der Waals surface area (Å²) in [5.41, 5.74) is -1.23. The lowest BCUT2D eigenvalue weighted by atomic mass is 9.87. The molecular formula is C27H54N4O4. The summed E-state index contributed by atoms with van der Waals surface area (Å²) in [6.45, 7) is 7.52. The van der Waals surface area contributed by atoms with E-state index < -0.39 is 11.6 Å². The molecule has 2 aliphatic heterocycles. The minimum absolute atomic E-state index is 0.0367. The molecule has 0 unspecified atom stereocenters. The topological polar surface area (TPSA) is 126 Å². The Morgan fingerprint density at radius 1 is 1.14 bits per heavy atom. The van der Waals surface area contributed by atoms with Crippen LogP contribution in [0.2, 0.25) is 0 Å². The van der Waals surface area contributed by atoms with Gasteiger partial charge in [-0.3, -0.25) is 4.79 Å². The van der Waals surface area contributed by atoms with Crippen LogP contribution < -0.4 is 21.3 Å². The predicted molar refractivity (Wildman–Crippen MR) is 142 cm³/mol. The van der Waals surface area contributed by atoms with Crippen LogP contribution in [0.4, 0.5) is 0 Å². The third-order valence-corrected chi connectivity index (χ3v) is 8.34. The molecule has 8 nitrogen and oxygen atoms in total. The Morgan fingerprint density at radius 3 is 2.51 bits per heavy atom. The van der Waals surface area contributed by atoms with Crippen LogP contribution in [-0.2, 0) is 4.79 Å². The van der Waals surface area contributed by atoms with Crippen molar-refractivity contribution in [3.8, 4) is 0 Å². The third kappa shape index (κ3) is 11.9. The van der Waals surface area contributed by atoms with E-state index in [1.807, 2.05) is 7.05 Å². The Hall–Kier alpha value is -0.770. The van der Waals surface area contributed by atoms with Crippen LogP contribution in [0.25, 0.3) is 0 Å². The first kappa shape index (κ1) is 30.5. The highest BCUT2D eigenvalue weighted by atomic mass is 16.4. The van der Waals surface area contributed by atoms with E-state index in [1.165, 1.54) is 19.3 Å². The van der Waals surface area contributed by atoms with Gasteiger partial charge in [0.15, 0.2) is 0 Å². The smallest absolute Gasteiger partial charge is 0.306 e. The number of hydrogen-bond acceptors (Lipinski definition) is 7. The summed E-state index contributed by atoms with van der Waals surface area (Å²) < 4.78 is 0. The summed E-state index contributed by atoms with van der Waals surface area (Å²) in [7, 11) is 2.02. The fourth-order valence-corrected chi connectivity index (χ4v) is 5.78. The molecule has 2 heterocycles. The van der Waals surface area contributed by atoms with Gasteiger partial charge in [-0.1, -0.05) is 25.7 Å². The number of hydrogen-bond donors (Lipinski definition) is 7. The summed E-state index contributed by atoms with van der Waals surface area (Å²) in [4.78, 5) is 11.4. The van der Waals surface area contributed by atoms with E-state index in [2.05, 4.69) is 35.1 Å². The number of aliphatic hydroxyl groups is 2. The number of unbranched alkanes of at least 4 members (excludes halogenated alkanes) is 3. The fourth-order valence-electron chi connectivity index (χ4n) is 5.78. The van der Waals surface area contributed by atoms with Gasteiger partial charge >= 0.3 is 5.97 Å². The lowest BCUT2D eigenvalue weighted by Gasteiger charge is -2.38. The van der Waals surface area contributed by atoms with Crippen LogP contribution in [0, 0.1) is 5.92 Å². The van der Waals surface area contributed by atoms with E-state index in [0.717, 1.165) is 71.0 Å². The maximum Gasteiger partial charge on any atom is 0.306 e. The van der Waals surface area contributed by atoms with Crippen molar-refractivity contribution in [1.82, 2.24) is 21.3 Å². The van der Waals surface area contributed by atoms with E-state index in [1.54, 1.807) is 0 Å². The van der Waals surface area contributed by atoms with Gasteiger partial charge in [0.25, 0.3) is 0 Å². The van der Waals surface area contributed by atoms with Gasteiger partial charge in [-0.25, -0.2) is 0 Å². The fraction of sp³-hybridized carbons (Fsp3) is 0.963. The van der Waals surface area contributed by atoms with Gasteiger partial charge in [0.1, 0.15) is 0 Å². The number of β-amino-alcohol motifs (C(OH)–C–C–N with tert-alkyl or cyclic N) is 1. The first-order chi connectivity index (χ1) is 16.6. The second kappa shape index (κ2) is 15.5. The number of aliphatic hydroxyl groups excluding tert-OH is 1. The van der Waals surface area contributed by atoms with Gasteiger partial charge in [0.2, 0.25) is 0 Å². The number of rotatable bonds is 17. The molecule has 7 N–H and O–H groups in total. The molecule has 0 aromatic rings. The van der Waals surface area contributed by atoms with Crippen LogP contribution in [0.1, 0.15) is 97.3 Å². The van der Waals surface area contributed by atoms with Gasteiger partial charge in [0.05, 0.1) is 18.1 Å². The molecule has 5 atom stereocenters. The van der Waals surface area contributed by atoms with E-state index in [4.69, 9.17) is 0 Å². The zero-order valence-corrected chi connectivity index (χ0v) is 22.6. The maximum absolute atomic E-state index is 11.4. The Bertz CT molecular complexity index is 602. The molecule has 2 aliphatic rings. The summed E-state index contributed by atoms with van der Waals surface area (Å²) in [5.74, 6) is -0.279. The second-order valence-electron chi connectivity index (χ2n) is 11.7. The van der Waals surface area contributed by atoms with Crippen molar-refractivity contribution in [2.75, 3.05) is 33.2 Å². The molecule has 2 saturated heterocycles. The largest absolute Gasteiger partial charge is 0.481 e. The molecule has 0 spiro atoms. The number of piperidine rings is 2. The normalized spacial score (nSPS) is 27.3. The van der Waals surface area contributed by atoms with Gasteiger partial charge in [-0.2, -0.15) is 0 Å². The van der Waals surface area contributed by atoms with E-state index >= 15 is 0 Å². The van der Waals surface area contributed by atoms with Crippen molar-refractivity contribution in [3.05, 3.63) is 0 Å². The number of carbonyl (C=O) groups is 1. The standard InChI is InChI=1S/C27H54N4O4/c1-21-24(32)12-11-23(31-21)10-9-22(19-28-3)8-6-4-5-7-13-27(35,18-25(33)34)20-30-26(2)14-16-29-17-15-26/h21-24,28-32,35H,4-20H2,1-3H3,(H,33,34)/t21-,22+,23+,24+,27+/m0/s1. The second-order valence-corrected chi connectivity index (χ2v) is 11.7. The van der Waals surface area contributed by atoms with Crippen molar-refractivity contribution < 1.29 is 20.1 Å². The third-order valence-electron chi connectivity index (χ3n) is 8.34. The molecule has 2 fully saturated rings. The Morgan fingerprint density at radius 2 is 1.86 bits per heavy atom. The molecule has 0 bridgehead atoms. The van der Waals surface area contributed by atoms with Crippen molar-refractivity contribution in [2.24, 2.45) is 5.92 Å². The molecule has 8 heteroatoms. The number of aliphatic carboxylic acids is 1. The van der Waals surface area contributed by atoms with Crippen LogP contribution in [-0.4, -0.2) is 83.8 Å². The molecule has 0 aromatic heterocycles. The highest BCUT2D eigenvalue weighted by Gasteiger charge is 2.34. The van der Waals surface area contributed by atoms with Gasteiger partial charge in [0, 0.05) is 24.2 Å². The number of carboxylic acid groups (broad SMARTS) is 1. The van der Waals surface area contributed by atoms with Crippen LogP contribution in [0.15, 0.2) is 0 Å². The van der Waals surface area contributed by atoms with Crippen molar-refractivity contribution in [1.29, 1.82) is 0 Å². The molecule has 0 saturated carbocycles. The molecule has 0 aromatic carbocycles. The first-order valence-corrected chi connectivity index (χ1v) is 14.1. The van der Waals surface area contributed by atoms with E-state index in [9.17, 15) is 20.1 Å². The quantitative estimate of drug-likeness (QED) is 0.152. The minimum Gasteiger partial charge on any atom is -0.481 e. The highest BCUT2D eigenvalue weighted by Crippen LogP contribution is 2.25.